The van der Waals surface area contributed by atoms with Gasteiger partial charge < -0.3 is 0 Å². The molecule has 2 rings (SSSR count). The Labute approximate surface area is 95.9 Å². The Morgan fingerprint density at radius 2 is 1.65 bits per heavy atom. The summed E-state index contributed by atoms with van der Waals surface area (Å²) in [7, 11) is 0. The first-order chi connectivity index (χ1) is 7.89. The maximum atomic E-state index is 12.4. The van der Waals surface area contributed by atoms with Crippen LogP contribution in [0.2, 0.25) is 0 Å². The van der Waals surface area contributed by atoms with Gasteiger partial charge in [0.1, 0.15) is 0 Å². The van der Waals surface area contributed by atoms with E-state index >= 15 is 0 Å². The van der Waals surface area contributed by atoms with Crippen LogP contribution in [0.15, 0.2) is 24.3 Å². The standard InChI is InChI=1S/C11H10F3N3/c1-7-8(2)17(16-15-7)10-5-3-9(4-6-10)11(12,13)14/h3-6H,1-2H3. The van der Waals surface area contributed by atoms with E-state index in [1.807, 2.05) is 6.92 Å². The topological polar surface area (TPSA) is 30.7 Å². The number of aryl methyl sites for hydroxylation is 1. The van der Waals surface area contributed by atoms with Gasteiger partial charge in [0.15, 0.2) is 0 Å². The van der Waals surface area contributed by atoms with Crippen LogP contribution in [0.25, 0.3) is 5.69 Å². The maximum Gasteiger partial charge on any atom is 0.416 e. The van der Waals surface area contributed by atoms with E-state index < -0.39 is 11.7 Å². The summed E-state index contributed by atoms with van der Waals surface area (Å²) in [6.45, 7) is 3.61. The largest absolute Gasteiger partial charge is 0.416 e. The molecule has 0 aliphatic carbocycles. The molecule has 0 amide bonds. The van der Waals surface area contributed by atoms with Crippen molar-refractivity contribution in [2.45, 2.75) is 20.0 Å². The molecule has 0 unspecified atom stereocenters. The molecule has 0 radical (unpaired) electrons. The third kappa shape index (κ3) is 2.15. The average Bonchev–Trinajstić information content (AvgIpc) is 2.59. The minimum absolute atomic E-state index is 0.566. The summed E-state index contributed by atoms with van der Waals surface area (Å²) in [5.41, 5.74) is 1.46. The molecule has 0 atom stereocenters. The Kier molecular flexibility index (Phi) is 2.65. The van der Waals surface area contributed by atoms with Crippen LogP contribution in [0.1, 0.15) is 17.0 Å². The molecule has 1 aromatic carbocycles. The molecule has 3 nitrogen and oxygen atoms in total. The fourth-order valence-electron chi connectivity index (χ4n) is 1.44. The van der Waals surface area contributed by atoms with Gasteiger partial charge >= 0.3 is 6.18 Å². The Morgan fingerprint density at radius 3 is 2.06 bits per heavy atom. The van der Waals surface area contributed by atoms with Crippen LogP contribution in [-0.2, 0) is 6.18 Å². The lowest BCUT2D eigenvalue weighted by molar-refractivity contribution is -0.137. The normalized spacial score (nSPS) is 11.8. The van der Waals surface area contributed by atoms with Gasteiger partial charge in [0.25, 0.3) is 0 Å². The predicted octanol–water partition coefficient (Wildman–Crippen LogP) is 2.90. The van der Waals surface area contributed by atoms with Gasteiger partial charge in [-0.05, 0) is 38.1 Å². The highest BCUT2D eigenvalue weighted by atomic mass is 19.4. The SMILES string of the molecule is Cc1nnn(-c2ccc(C(F)(F)F)cc2)c1C. The minimum Gasteiger partial charge on any atom is -0.218 e. The fraction of sp³-hybridized carbons (Fsp3) is 0.273. The molecular formula is C11H10F3N3. The highest BCUT2D eigenvalue weighted by Gasteiger charge is 2.30. The van der Waals surface area contributed by atoms with E-state index in [1.165, 1.54) is 16.8 Å². The summed E-state index contributed by atoms with van der Waals surface area (Å²) in [6, 6.07) is 4.82. The minimum atomic E-state index is -4.31. The van der Waals surface area contributed by atoms with Gasteiger partial charge in [-0.25, -0.2) is 4.68 Å². The van der Waals surface area contributed by atoms with Crippen LogP contribution in [0.4, 0.5) is 13.2 Å². The average molecular weight is 241 g/mol. The van der Waals surface area contributed by atoms with E-state index in [-0.39, 0.29) is 0 Å². The first-order valence-corrected chi connectivity index (χ1v) is 4.96. The number of alkyl halides is 3. The van der Waals surface area contributed by atoms with Gasteiger partial charge in [0.05, 0.1) is 22.6 Å². The van der Waals surface area contributed by atoms with E-state index in [0.717, 1.165) is 23.5 Å². The summed E-state index contributed by atoms with van der Waals surface area (Å²) in [6.07, 6.45) is -4.31. The molecule has 1 heterocycles. The number of halogens is 3. The summed E-state index contributed by atoms with van der Waals surface area (Å²) in [5, 5.41) is 7.72. The zero-order chi connectivity index (χ0) is 12.6. The number of hydrogen-bond donors (Lipinski definition) is 0. The second kappa shape index (κ2) is 3.87. The van der Waals surface area contributed by atoms with E-state index in [4.69, 9.17) is 0 Å². The van der Waals surface area contributed by atoms with Crippen molar-refractivity contribution >= 4 is 0 Å². The molecule has 0 N–H and O–H groups in total. The molecule has 0 saturated carbocycles. The van der Waals surface area contributed by atoms with Crippen molar-refractivity contribution in [2.75, 3.05) is 0 Å². The Hall–Kier alpha value is -1.85. The quantitative estimate of drug-likeness (QED) is 0.768. The molecule has 0 bridgehead atoms. The molecule has 0 fully saturated rings. The van der Waals surface area contributed by atoms with Gasteiger partial charge in [0, 0.05) is 0 Å². The van der Waals surface area contributed by atoms with Crippen molar-refractivity contribution in [3.05, 3.63) is 41.2 Å². The first kappa shape index (κ1) is 11.6. The molecule has 2 aromatic rings. The van der Waals surface area contributed by atoms with Crippen molar-refractivity contribution in [3.8, 4) is 5.69 Å². The van der Waals surface area contributed by atoms with Crippen molar-refractivity contribution in [1.29, 1.82) is 0 Å². The van der Waals surface area contributed by atoms with Crippen LogP contribution in [0.3, 0.4) is 0 Å². The van der Waals surface area contributed by atoms with E-state index in [2.05, 4.69) is 10.3 Å². The molecule has 1 aromatic heterocycles. The molecule has 90 valence electrons. The number of nitrogens with zero attached hydrogens (tertiary/aromatic N) is 3. The van der Waals surface area contributed by atoms with Gasteiger partial charge in [0.2, 0.25) is 0 Å². The van der Waals surface area contributed by atoms with Gasteiger partial charge in [-0.2, -0.15) is 13.2 Å². The maximum absolute atomic E-state index is 12.4. The fourth-order valence-corrected chi connectivity index (χ4v) is 1.44. The Bertz CT molecular complexity index is 526. The second-order valence-electron chi connectivity index (χ2n) is 3.72. The van der Waals surface area contributed by atoms with Crippen LogP contribution < -0.4 is 0 Å². The number of hydrogen-bond acceptors (Lipinski definition) is 2. The monoisotopic (exact) mass is 241 g/mol. The molecule has 0 aliphatic heterocycles. The molecule has 0 aliphatic rings. The predicted molar refractivity (Wildman–Crippen MR) is 55.8 cm³/mol. The number of rotatable bonds is 1. The molecular weight excluding hydrogens is 231 g/mol. The van der Waals surface area contributed by atoms with Crippen molar-refractivity contribution < 1.29 is 13.2 Å². The van der Waals surface area contributed by atoms with Gasteiger partial charge in [-0.1, -0.05) is 5.21 Å². The zero-order valence-corrected chi connectivity index (χ0v) is 9.28. The van der Waals surface area contributed by atoms with E-state index in [1.54, 1.807) is 6.92 Å². The molecule has 0 saturated heterocycles. The van der Waals surface area contributed by atoms with Crippen LogP contribution >= 0.6 is 0 Å². The third-order valence-electron chi connectivity index (χ3n) is 2.56. The summed E-state index contributed by atoms with van der Waals surface area (Å²) in [5.74, 6) is 0. The third-order valence-corrected chi connectivity index (χ3v) is 2.56. The van der Waals surface area contributed by atoms with E-state index in [0.29, 0.717) is 5.69 Å². The van der Waals surface area contributed by atoms with Gasteiger partial charge in [-0.3, -0.25) is 0 Å². The summed E-state index contributed by atoms with van der Waals surface area (Å²) >= 11 is 0. The zero-order valence-electron chi connectivity index (χ0n) is 9.28. The van der Waals surface area contributed by atoms with Crippen molar-refractivity contribution in [2.24, 2.45) is 0 Å². The highest BCUT2D eigenvalue weighted by molar-refractivity contribution is 5.36. The van der Waals surface area contributed by atoms with Crippen LogP contribution in [0.5, 0.6) is 0 Å². The molecule has 0 spiro atoms. The highest BCUT2D eigenvalue weighted by Crippen LogP contribution is 2.29. The lowest BCUT2D eigenvalue weighted by Crippen LogP contribution is -2.05. The van der Waals surface area contributed by atoms with Crippen molar-refractivity contribution in [3.63, 3.8) is 0 Å². The first-order valence-electron chi connectivity index (χ1n) is 4.96. The van der Waals surface area contributed by atoms with Crippen molar-refractivity contribution in [1.82, 2.24) is 15.0 Å². The summed E-state index contributed by atoms with van der Waals surface area (Å²) in [4.78, 5) is 0. The lowest BCUT2D eigenvalue weighted by Gasteiger charge is -2.08. The Morgan fingerprint density at radius 1 is 1.06 bits per heavy atom. The summed E-state index contributed by atoms with van der Waals surface area (Å²) < 4.78 is 38.6. The second-order valence-corrected chi connectivity index (χ2v) is 3.72. The smallest absolute Gasteiger partial charge is 0.218 e. The van der Waals surface area contributed by atoms with E-state index in [9.17, 15) is 13.2 Å². The van der Waals surface area contributed by atoms with Crippen LogP contribution in [-0.4, -0.2) is 15.0 Å². The number of benzene rings is 1. The molecule has 6 heteroatoms. The number of aromatic nitrogens is 3. The van der Waals surface area contributed by atoms with Crippen LogP contribution in [0, 0.1) is 13.8 Å². The van der Waals surface area contributed by atoms with Gasteiger partial charge in [-0.15, -0.1) is 5.10 Å². The molecule has 17 heavy (non-hydrogen) atoms. The lowest BCUT2D eigenvalue weighted by atomic mass is 10.2. The Balaban J connectivity index is 2.40.